The average molecular weight is 827 g/mol. The lowest BCUT2D eigenvalue weighted by molar-refractivity contribution is -0.136. The molecule has 320 valence electrons. The summed E-state index contributed by atoms with van der Waals surface area (Å²) in [6.07, 6.45) is 11.9. The molecule has 4 aromatic carbocycles. The number of aliphatic hydroxyl groups is 1. The van der Waals surface area contributed by atoms with Crippen molar-refractivity contribution in [3.05, 3.63) is 131 Å². The molecule has 10 rings (SSSR count). The molecule has 3 saturated carbocycles. The molecule has 5 aromatic rings. The summed E-state index contributed by atoms with van der Waals surface area (Å²) in [5, 5.41) is 56.9. The van der Waals surface area contributed by atoms with Crippen molar-refractivity contribution >= 4 is 5.78 Å². The van der Waals surface area contributed by atoms with Crippen LogP contribution in [0.15, 0.2) is 97.3 Å². The molecule has 10 heteroatoms. The molecule has 3 fully saturated rings. The second kappa shape index (κ2) is 17.1. The van der Waals surface area contributed by atoms with Crippen LogP contribution in [0.5, 0.6) is 34.5 Å². The minimum absolute atomic E-state index is 0.00841. The molecule has 2 bridgehead atoms. The number of aryl methyl sites for hydroxylation is 1. The molecule has 0 aliphatic heterocycles. The number of fused-ring (bicyclic) bond motifs is 1. The molecular weight excluding hydrogens is 769 g/mol. The number of aromatic nitrogens is 1. The van der Waals surface area contributed by atoms with Crippen LogP contribution in [0.25, 0.3) is 0 Å². The van der Waals surface area contributed by atoms with Crippen molar-refractivity contribution in [2.24, 2.45) is 35.3 Å². The molecule has 8 N–H and O–H groups in total. The van der Waals surface area contributed by atoms with Crippen LogP contribution in [0.4, 0.5) is 0 Å². The zero-order chi connectivity index (χ0) is 42.3. The summed E-state index contributed by atoms with van der Waals surface area (Å²) in [4.78, 5) is 17.9. The van der Waals surface area contributed by atoms with Crippen molar-refractivity contribution in [1.29, 1.82) is 0 Å². The SMILES string of the molecule is NCOc1cc(CCC(=O)C2CC(Cc3cc[nH]c3)C3CC4CC(C5(c6ccccc6)CCCCC5)C(c5cc(O)c(O)c(OCc6cccc(O)c6)c54)C3C2O)ccc1O. The zero-order valence-electron chi connectivity index (χ0n) is 34.6. The van der Waals surface area contributed by atoms with Gasteiger partial charge in [0, 0.05) is 30.3 Å². The van der Waals surface area contributed by atoms with E-state index in [4.69, 9.17) is 15.2 Å². The Labute approximate surface area is 357 Å². The van der Waals surface area contributed by atoms with E-state index < -0.39 is 12.0 Å². The fraction of sp³-hybridized carbons (Fsp3) is 0.431. The molecule has 0 radical (unpaired) electrons. The van der Waals surface area contributed by atoms with Crippen LogP contribution < -0.4 is 15.2 Å². The summed E-state index contributed by atoms with van der Waals surface area (Å²) in [6.45, 7) is -0.00867. The van der Waals surface area contributed by atoms with Gasteiger partial charge in [0.1, 0.15) is 24.9 Å². The van der Waals surface area contributed by atoms with Gasteiger partial charge in [-0.25, -0.2) is 0 Å². The van der Waals surface area contributed by atoms with Gasteiger partial charge < -0.3 is 40.0 Å². The van der Waals surface area contributed by atoms with E-state index >= 15 is 0 Å². The van der Waals surface area contributed by atoms with Crippen molar-refractivity contribution in [3.63, 3.8) is 0 Å². The highest BCUT2D eigenvalue weighted by atomic mass is 16.5. The molecule has 61 heavy (non-hydrogen) atoms. The summed E-state index contributed by atoms with van der Waals surface area (Å²) < 4.78 is 12.0. The van der Waals surface area contributed by atoms with Gasteiger partial charge in [-0.3, -0.25) is 10.5 Å². The smallest absolute Gasteiger partial charge is 0.200 e. The summed E-state index contributed by atoms with van der Waals surface area (Å²) in [5.41, 5.74) is 11.2. The van der Waals surface area contributed by atoms with Gasteiger partial charge in [0.05, 0.1) is 6.10 Å². The lowest BCUT2D eigenvalue weighted by Crippen LogP contribution is -2.52. The van der Waals surface area contributed by atoms with E-state index in [-0.39, 0.29) is 101 Å². The number of aliphatic hydroxyl groups excluding tert-OH is 1. The van der Waals surface area contributed by atoms with Crippen LogP contribution in [-0.4, -0.2) is 49.1 Å². The minimum Gasteiger partial charge on any atom is -0.508 e. The number of Topliss-reactive ketones (excluding diaryl/α,β-unsaturated/α-hetero) is 1. The highest BCUT2D eigenvalue weighted by molar-refractivity contribution is 5.82. The first-order chi connectivity index (χ1) is 29.6. The number of aromatic hydroxyl groups is 4. The van der Waals surface area contributed by atoms with Crippen LogP contribution in [0.2, 0.25) is 0 Å². The maximum Gasteiger partial charge on any atom is 0.200 e. The average Bonchev–Trinajstić information content (AvgIpc) is 3.67. The number of aromatic amines is 1. The monoisotopic (exact) mass is 826 g/mol. The third-order valence-corrected chi connectivity index (χ3v) is 15.1. The standard InChI is InChI=1S/C51H58N2O8/c52-29-61-44-22-30(13-15-42(44)56)12-14-41(55)38-23-33(20-31-16-19-53-27-31)37-24-34-25-40(51(17-5-2-6-18-51)35-9-3-1-4-10-35)46(47(37)48(38)58)39-26-43(57)49(59)50(45(34)39)60-28-32-8-7-11-36(54)21-32/h1,3-4,7-11,13,15-16,19,21-22,26-27,33-34,37-38,40,46-48,53-54,56-59H,2,5-6,12,14,17-18,20,23-25,28-29,52H2. The van der Waals surface area contributed by atoms with Gasteiger partial charge in [-0.15, -0.1) is 0 Å². The lowest BCUT2D eigenvalue weighted by Gasteiger charge is -2.54. The molecule has 8 atom stereocenters. The predicted molar refractivity (Wildman–Crippen MR) is 232 cm³/mol. The predicted octanol–water partition coefficient (Wildman–Crippen LogP) is 8.88. The quantitative estimate of drug-likeness (QED) is 0.0451. The number of phenolic OH excluding ortho intramolecular Hbond substituents is 4. The Kier molecular flexibility index (Phi) is 11.5. The molecule has 8 unspecified atom stereocenters. The summed E-state index contributed by atoms with van der Waals surface area (Å²) in [5.74, 6) is -0.954. The van der Waals surface area contributed by atoms with Crippen LogP contribution >= 0.6 is 0 Å². The van der Waals surface area contributed by atoms with Crippen molar-refractivity contribution in [2.45, 2.75) is 101 Å². The molecule has 0 amide bonds. The normalized spacial score (nSPS) is 26.5. The first kappa shape index (κ1) is 40.9. The number of benzene rings is 4. The third-order valence-electron chi connectivity index (χ3n) is 15.1. The van der Waals surface area contributed by atoms with Crippen molar-refractivity contribution in [2.75, 3.05) is 6.73 Å². The molecule has 1 heterocycles. The fourth-order valence-corrected chi connectivity index (χ4v) is 12.5. The molecule has 0 spiro atoms. The number of hydrogen-bond donors (Lipinski definition) is 7. The van der Waals surface area contributed by atoms with Crippen molar-refractivity contribution in [1.82, 2.24) is 4.98 Å². The number of hydrogen-bond acceptors (Lipinski definition) is 9. The molecule has 5 aliphatic rings. The molecule has 10 nitrogen and oxygen atoms in total. The fourth-order valence-electron chi connectivity index (χ4n) is 12.5. The second-order valence-corrected chi connectivity index (χ2v) is 18.3. The number of ketones is 1. The number of carbonyl (C=O) groups is 1. The Morgan fingerprint density at radius 3 is 2.39 bits per heavy atom. The number of nitrogens with two attached hydrogens (primary N) is 1. The van der Waals surface area contributed by atoms with Gasteiger partial charge >= 0.3 is 0 Å². The number of nitrogens with one attached hydrogen (secondary N) is 1. The first-order valence-electron chi connectivity index (χ1n) is 22.2. The Morgan fingerprint density at radius 2 is 1.64 bits per heavy atom. The number of carbonyl (C=O) groups excluding carboxylic acids is 1. The Morgan fingerprint density at radius 1 is 0.820 bits per heavy atom. The van der Waals surface area contributed by atoms with E-state index in [1.807, 2.05) is 18.5 Å². The number of H-pyrrole nitrogens is 1. The maximum absolute atomic E-state index is 14.7. The summed E-state index contributed by atoms with van der Waals surface area (Å²) in [7, 11) is 0. The van der Waals surface area contributed by atoms with E-state index in [1.165, 1.54) is 12.0 Å². The molecule has 0 saturated heterocycles. The van der Waals surface area contributed by atoms with E-state index in [1.54, 1.807) is 42.5 Å². The Bertz CT molecular complexity index is 2320. The lowest BCUT2D eigenvalue weighted by atomic mass is 9.50. The first-order valence-corrected chi connectivity index (χ1v) is 22.2. The topological polar surface area (TPSA) is 178 Å². The van der Waals surface area contributed by atoms with Crippen molar-refractivity contribution < 1.29 is 39.8 Å². The second-order valence-electron chi connectivity index (χ2n) is 18.3. The number of phenols is 4. The molecule has 1 aromatic heterocycles. The van der Waals surface area contributed by atoms with Gasteiger partial charge in [0.2, 0.25) is 5.75 Å². The van der Waals surface area contributed by atoms with Crippen LogP contribution in [0.3, 0.4) is 0 Å². The molecular formula is C51H58N2O8. The largest absolute Gasteiger partial charge is 0.508 e. The molecule has 5 aliphatic carbocycles. The van der Waals surface area contributed by atoms with E-state index in [9.17, 15) is 30.3 Å². The Hall–Kier alpha value is -5.45. The van der Waals surface area contributed by atoms with E-state index in [0.29, 0.717) is 12.8 Å². The van der Waals surface area contributed by atoms with E-state index in [2.05, 4.69) is 41.4 Å². The van der Waals surface area contributed by atoms with Crippen LogP contribution in [-0.2, 0) is 29.7 Å². The Balaban J connectivity index is 1.17. The zero-order valence-corrected chi connectivity index (χ0v) is 34.6. The van der Waals surface area contributed by atoms with Crippen molar-refractivity contribution in [3.8, 4) is 34.5 Å². The maximum atomic E-state index is 14.7. The highest BCUT2D eigenvalue weighted by Crippen LogP contribution is 2.68. The van der Waals surface area contributed by atoms with Gasteiger partial charge in [-0.2, -0.15) is 0 Å². The van der Waals surface area contributed by atoms with E-state index in [0.717, 1.165) is 72.8 Å². The van der Waals surface area contributed by atoms with Gasteiger partial charge in [-0.1, -0.05) is 67.8 Å². The number of rotatable bonds is 13. The third kappa shape index (κ3) is 7.74. The van der Waals surface area contributed by atoms with Crippen LogP contribution in [0.1, 0.15) is 103 Å². The van der Waals surface area contributed by atoms with Crippen LogP contribution in [0, 0.1) is 29.6 Å². The minimum atomic E-state index is -0.947. The van der Waals surface area contributed by atoms with Gasteiger partial charge in [0.25, 0.3) is 0 Å². The summed E-state index contributed by atoms with van der Waals surface area (Å²) in [6, 6.07) is 26.6. The van der Waals surface area contributed by atoms with Gasteiger partial charge in [0.15, 0.2) is 23.0 Å². The highest BCUT2D eigenvalue weighted by Gasteiger charge is 2.60. The van der Waals surface area contributed by atoms with Gasteiger partial charge in [-0.05, 0) is 150 Å². The number of ether oxygens (including phenoxy) is 2. The summed E-state index contributed by atoms with van der Waals surface area (Å²) >= 11 is 0.